The second kappa shape index (κ2) is 11.3. The summed E-state index contributed by atoms with van der Waals surface area (Å²) in [4.78, 5) is 25.5. The van der Waals surface area contributed by atoms with Crippen molar-refractivity contribution in [3.05, 3.63) is 70.9 Å². The number of thiophene rings is 2. The third-order valence-corrected chi connectivity index (χ3v) is 8.56. The molecule has 188 valence electrons. The maximum Gasteiger partial charge on any atom is 0.341 e. The number of carbonyl (C=O) groups excluding carboxylic acids is 2. The normalized spacial score (nSPS) is 11.1. The van der Waals surface area contributed by atoms with Crippen molar-refractivity contribution in [1.82, 2.24) is 14.8 Å². The van der Waals surface area contributed by atoms with Gasteiger partial charge < -0.3 is 14.6 Å². The summed E-state index contributed by atoms with van der Waals surface area (Å²) in [6.07, 6.45) is 0.910. The molecule has 0 aliphatic heterocycles. The van der Waals surface area contributed by atoms with Crippen LogP contribution in [0.2, 0.25) is 0 Å². The molecule has 0 fully saturated rings. The lowest BCUT2D eigenvalue weighted by Gasteiger charge is -2.09. The van der Waals surface area contributed by atoms with Crippen LogP contribution >= 0.6 is 34.4 Å². The van der Waals surface area contributed by atoms with Crippen molar-refractivity contribution in [3.8, 4) is 22.5 Å². The molecule has 0 spiro atoms. The number of ether oxygens (including phenoxy) is 1. The highest BCUT2D eigenvalue weighted by Crippen LogP contribution is 2.37. The molecular weight excluding hydrogens is 525 g/mol. The van der Waals surface area contributed by atoms with Crippen molar-refractivity contribution in [2.75, 3.05) is 18.2 Å². The first kappa shape index (κ1) is 25.2. The van der Waals surface area contributed by atoms with Crippen LogP contribution in [0.5, 0.6) is 0 Å². The van der Waals surface area contributed by atoms with Gasteiger partial charge in [-0.1, -0.05) is 67.2 Å². The van der Waals surface area contributed by atoms with Gasteiger partial charge >= 0.3 is 5.97 Å². The highest BCUT2D eigenvalue weighted by molar-refractivity contribution is 7.99. The minimum absolute atomic E-state index is 0.130. The number of amides is 1. The van der Waals surface area contributed by atoms with Gasteiger partial charge in [0.15, 0.2) is 11.0 Å². The molecule has 5 aromatic rings. The number of hydrogen-bond donors (Lipinski definition) is 1. The summed E-state index contributed by atoms with van der Waals surface area (Å²) in [7, 11) is 1.34. The summed E-state index contributed by atoms with van der Waals surface area (Å²) in [6, 6.07) is 17.8. The Morgan fingerprint density at radius 1 is 1.00 bits per heavy atom. The predicted molar refractivity (Wildman–Crippen MR) is 152 cm³/mol. The lowest BCUT2D eigenvalue weighted by molar-refractivity contribution is -0.113. The van der Waals surface area contributed by atoms with Crippen LogP contribution in [0.3, 0.4) is 0 Å². The predicted octanol–water partition coefficient (Wildman–Crippen LogP) is 6.82. The second-order valence-electron chi connectivity index (χ2n) is 8.15. The number of methoxy groups -OCH3 is 1. The highest BCUT2D eigenvalue weighted by Gasteiger charge is 2.23. The molecule has 7 nitrogen and oxygen atoms in total. The molecule has 0 saturated carbocycles. The lowest BCUT2D eigenvalue weighted by atomic mass is 10.0. The highest BCUT2D eigenvalue weighted by atomic mass is 32.2. The van der Waals surface area contributed by atoms with Crippen LogP contribution in [0.1, 0.15) is 23.7 Å². The van der Waals surface area contributed by atoms with Crippen LogP contribution in [0, 0.1) is 0 Å². The summed E-state index contributed by atoms with van der Waals surface area (Å²) in [5.41, 5.74) is 3.02. The molecule has 3 aromatic heterocycles. The van der Waals surface area contributed by atoms with Crippen LogP contribution in [0.15, 0.2) is 70.5 Å². The number of anilines is 1. The minimum Gasteiger partial charge on any atom is -0.465 e. The van der Waals surface area contributed by atoms with E-state index in [4.69, 9.17) is 4.74 Å². The van der Waals surface area contributed by atoms with Crippen molar-refractivity contribution in [2.45, 2.75) is 25.0 Å². The van der Waals surface area contributed by atoms with Crippen LogP contribution in [-0.4, -0.2) is 39.5 Å². The number of benzene rings is 2. The lowest BCUT2D eigenvalue weighted by Crippen LogP contribution is -2.16. The number of nitrogens with zero attached hydrogens (tertiary/aromatic N) is 3. The quantitative estimate of drug-likeness (QED) is 0.161. The van der Waals surface area contributed by atoms with Gasteiger partial charge in [-0.15, -0.1) is 32.9 Å². The van der Waals surface area contributed by atoms with E-state index < -0.39 is 5.97 Å². The number of aromatic nitrogens is 3. The number of hydrogen-bond acceptors (Lipinski definition) is 8. The Balaban J connectivity index is 1.35. The number of nitrogens with one attached hydrogen (secondary N) is 1. The molecule has 5 rings (SSSR count). The molecule has 1 N–H and O–H groups in total. The number of carbonyl (C=O) groups is 2. The molecule has 3 heterocycles. The minimum atomic E-state index is -0.488. The van der Waals surface area contributed by atoms with Crippen molar-refractivity contribution < 1.29 is 14.3 Å². The van der Waals surface area contributed by atoms with Crippen LogP contribution < -0.4 is 5.32 Å². The molecule has 0 bridgehead atoms. The first-order valence-corrected chi connectivity index (χ1v) is 14.4. The average Bonchev–Trinajstić information content (AvgIpc) is 3.65. The first-order chi connectivity index (χ1) is 18.1. The Labute approximate surface area is 226 Å². The van der Waals surface area contributed by atoms with E-state index in [-0.39, 0.29) is 11.7 Å². The summed E-state index contributed by atoms with van der Waals surface area (Å²) in [6.45, 7) is 2.85. The largest absolute Gasteiger partial charge is 0.465 e. The van der Waals surface area contributed by atoms with Crippen LogP contribution in [0.25, 0.3) is 32.6 Å². The van der Waals surface area contributed by atoms with Crippen molar-refractivity contribution in [2.24, 2.45) is 0 Å². The van der Waals surface area contributed by atoms with E-state index >= 15 is 0 Å². The van der Waals surface area contributed by atoms with Gasteiger partial charge in [-0.2, -0.15) is 0 Å². The van der Waals surface area contributed by atoms with E-state index in [2.05, 4.69) is 44.5 Å². The standard InChI is InChI=1S/C27H24N4O3S3/c1-3-13-31-24(20-15-35-21-12-8-7-11-18(20)21)29-30-27(31)37-16-22(32)28-25-23(26(33)34-2)19(14-36-25)17-9-5-4-6-10-17/h4-12,14-15H,3,13,16H2,1-2H3,(H,28,32). The third kappa shape index (κ3) is 5.18. The van der Waals surface area contributed by atoms with Crippen molar-refractivity contribution in [3.63, 3.8) is 0 Å². The SMILES string of the molecule is CCCn1c(SCC(=O)Nc2scc(-c3ccccc3)c2C(=O)OC)nnc1-c1csc2ccccc12. The van der Waals surface area contributed by atoms with Gasteiger partial charge in [0.05, 0.1) is 12.9 Å². The molecule has 2 aromatic carbocycles. The molecule has 10 heteroatoms. The van der Waals surface area contributed by atoms with Gasteiger partial charge in [0.1, 0.15) is 10.6 Å². The number of fused-ring (bicyclic) bond motifs is 1. The summed E-state index contributed by atoms with van der Waals surface area (Å²) >= 11 is 4.32. The summed E-state index contributed by atoms with van der Waals surface area (Å²) in [5, 5.41) is 18.1. The zero-order valence-corrected chi connectivity index (χ0v) is 22.7. The van der Waals surface area contributed by atoms with Crippen molar-refractivity contribution in [1.29, 1.82) is 0 Å². The fourth-order valence-electron chi connectivity index (χ4n) is 4.05. The Morgan fingerprint density at radius 2 is 1.76 bits per heavy atom. The van der Waals surface area contributed by atoms with Gasteiger partial charge in [-0.3, -0.25) is 4.79 Å². The Morgan fingerprint density at radius 3 is 2.54 bits per heavy atom. The van der Waals surface area contributed by atoms with Gasteiger partial charge in [-0.25, -0.2) is 4.79 Å². The third-order valence-electron chi connectivity index (χ3n) is 5.74. The van der Waals surface area contributed by atoms with E-state index in [1.165, 1.54) is 34.9 Å². The molecule has 37 heavy (non-hydrogen) atoms. The summed E-state index contributed by atoms with van der Waals surface area (Å²) < 4.78 is 8.28. The Bertz CT molecular complexity index is 1560. The van der Waals surface area contributed by atoms with E-state index in [0.29, 0.717) is 15.7 Å². The topological polar surface area (TPSA) is 86.1 Å². The average molecular weight is 549 g/mol. The zero-order valence-electron chi connectivity index (χ0n) is 20.3. The van der Waals surface area contributed by atoms with E-state index in [1.54, 1.807) is 11.3 Å². The molecular formula is C27H24N4O3S3. The number of esters is 1. The number of thioether (sulfide) groups is 1. The zero-order chi connectivity index (χ0) is 25.8. The molecule has 0 unspecified atom stereocenters. The van der Waals surface area contributed by atoms with Crippen LogP contribution in [-0.2, 0) is 16.1 Å². The molecule has 0 aliphatic carbocycles. The second-order valence-corrected chi connectivity index (χ2v) is 10.9. The monoisotopic (exact) mass is 548 g/mol. The Hall–Kier alpha value is -3.47. The van der Waals surface area contributed by atoms with E-state index in [1.807, 2.05) is 47.8 Å². The first-order valence-electron chi connectivity index (χ1n) is 11.7. The van der Waals surface area contributed by atoms with E-state index in [0.717, 1.165) is 40.9 Å². The maximum absolute atomic E-state index is 12.9. The molecule has 1 amide bonds. The van der Waals surface area contributed by atoms with Gasteiger partial charge in [0.2, 0.25) is 5.91 Å². The summed E-state index contributed by atoms with van der Waals surface area (Å²) in [5.74, 6) is 0.218. The molecule has 0 radical (unpaired) electrons. The molecule has 0 atom stereocenters. The van der Waals surface area contributed by atoms with Crippen molar-refractivity contribution >= 4 is 61.4 Å². The van der Waals surface area contributed by atoms with E-state index in [9.17, 15) is 9.59 Å². The fraction of sp³-hybridized carbons (Fsp3) is 0.185. The molecule has 0 aliphatic rings. The van der Waals surface area contributed by atoms with Gasteiger partial charge in [-0.05, 0) is 18.1 Å². The van der Waals surface area contributed by atoms with Crippen LogP contribution in [0.4, 0.5) is 5.00 Å². The Kier molecular flexibility index (Phi) is 7.68. The number of rotatable bonds is 9. The van der Waals surface area contributed by atoms with Gasteiger partial charge in [0.25, 0.3) is 0 Å². The smallest absolute Gasteiger partial charge is 0.341 e. The van der Waals surface area contributed by atoms with Gasteiger partial charge in [0, 0.05) is 38.5 Å². The fourth-order valence-corrected chi connectivity index (χ4v) is 6.73. The maximum atomic E-state index is 12.9. The molecule has 0 saturated heterocycles.